The third-order valence-corrected chi connectivity index (χ3v) is 8.79. The summed E-state index contributed by atoms with van der Waals surface area (Å²) in [6, 6.07) is 5.51. The number of anilines is 1. The minimum absolute atomic E-state index is 0.118. The number of piperidine rings is 1. The van der Waals surface area contributed by atoms with Crippen molar-refractivity contribution in [2.24, 2.45) is 0 Å². The van der Waals surface area contributed by atoms with Crippen LogP contribution in [-0.4, -0.2) is 36.2 Å². The standard InChI is InChI=1S/C19H17F2N3O3S3/c20-12-6-7-13(14(21)10-12)15-11-29-19(22-15)23-18(25)16-4-1-2-8-24(16)30(26,27)17-5-3-9-28-17/h3,5-7,9-11,16H,1-2,4,8H2,(H,22,23,25). The maximum Gasteiger partial charge on any atom is 0.253 e. The van der Waals surface area contributed by atoms with Gasteiger partial charge in [0, 0.05) is 23.6 Å². The molecule has 3 aromatic rings. The third-order valence-electron chi connectivity index (χ3n) is 4.76. The summed E-state index contributed by atoms with van der Waals surface area (Å²) in [6.07, 6.45) is 1.82. The molecule has 0 saturated carbocycles. The van der Waals surface area contributed by atoms with Crippen molar-refractivity contribution in [2.75, 3.05) is 11.9 Å². The number of thiophene rings is 1. The lowest BCUT2D eigenvalue weighted by atomic mass is 10.0. The van der Waals surface area contributed by atoms with E-state index >= 15 is 0 Å². The van der Waals surface area contributed by atoms with Gasteiger partial charge in [0.15, 0.2) is 5.13 Å². The van der Waals surface area contributed by atoms with E-state index in [0.29, 0.717) is 12.8 Å². The fourth-order valence-corrected chi connectivity index (χ4v) is 6.81. The Morgan fingerprint density at radius 3 is 2.77 bits per heavy atom. The summed E-state index contributed by atoms with van der Waals surface area (Å²) in [5, 5.41) is 6.10. The molecule has 11 heteroatoms. The highest BCUT2D eigenvalue weighted by Crippen LogP contribution is 2.30. The normalized spacial score (nSPS) is 17.7. The molecule has 30 heavy (non-hydrogen) atoms. The van der Waals surface area contributed by atoms with Crippen LogP contribution in [0.1, 0.15) is 19.3 Å². The Morgan fingerprint density at radius 1 is 1.20 bits per heavy atom. The Labute approximate surface area is 180 Å². The zero-order valence-electron chi connectivity index (χ0n) is 15.5. The molecule has 1 unspecified atom stereocenters. The van der Waals surface area contributed by atoms with Crippen molar-refractivity contribution in [2.45, 2.75) is 29.5 Å². The molecule has 2 aromatic heterocycles. The molecule has 1 atom stereocenters. The van der Waals surface area contributed by atoms with Crippen LogP contribution < -0.4 is 5.32 Å². The topological polar surface area (TPSA) is 79.4 Å². The van der Waals surface area contributed by atoms with Crippen LogP contribution in [0.4, 0.5) is 13.9 Å². The predicted octanol–water partition coefficient (Wildman–Crippen LogP) is 4.33. The fourth-order valence-electron chi connectivity index (χ4n) is 3.32. The molecule has 0 spiro atoms. The molecule has 6 nitrogen and oxygen atoms in total. The number of hydrogen-bond acceptors (Lipinski definition) is 6. The van der Waals surface area contributed by atoms with Crippen LogP contribution in [0.2, 0.25) is 0 Å². The van der Waals surface area contributed by atoms with Gasteiger partial charge in [0.2, 0.25) is 5.91 Å². The van der Waals surface area contributed by atoms with Crippen molar-refractivity contribution in [1.82, 2.24) is 9.29 Å². The number of halogens is 2. The van der Waals surface area contributed by atoms with E-state index in [1.807, 2.05) is 0 Å². The number of nitrogens with one attached hydrogen (secondary N) is 1. The SMILES string of the molecule is O=C(Nc1nc(-c2ccc(F)cc2F)cs1)C1CCCCN1S(=O)(=O)c1cccs1. The molecule has 0 bridgehead atoms. The van der Waals surface area contributed by atoms with Crippen molar-refractivity contribution in [3.05, 3.63) is 52.7 Å². The van der Waals surface area contributed by atoms with Crippen molar-refractivity contribution in [3.63, 3.8) is 0 Å². The number of carbonyl (C=O) groups is 1. The number of benzene rings is 1. The average molecular weight is 470 g/mol. The van der Waals surface area contributed by atoms with Crippen molar-refractivity contribution < 1.29 is 22.0 Å². The predicted molar refractivity (Wildman–Crippen MR) is 112 cm³/mol. The highest BCUT2D eigenvalue weighted by molar-refractivity contribution is 7.91. The zero-order valence-corrected chi connectivity index (χ0v) is 18.0. The summed E-state index contributed by atoms with van der Waals surface area (Å²) < 4.78 is 54.4. The second-order valence-electron chi connectivity index (χ2n) is 6.71. The number of rotatable bonds is 5. The molecule has 158 valence electrons. The third kappa shape index (κ3) is 4.15. The lowest BCUT2D eigenvalue weighted by Crippen LogP contribution is -2.49. The zero-order chi connectivity index (χ0) is 21.3. The van der Waals surface area contributed by atoms with Gasteiger partial charge in [-0.3, -0.25) is 4.79 Å². The van der Waals surface area contributed by atoms with Crippen LogP contribution in [0.15, 0.2) is 45.3 Å². The maximum absolute atomic E-state index is 14.0. The van der Waals surface area contributed by atoms with E-state index < -0.39 is 33.6 Å². The minimum atomic E-state index is -3.76. The van der Waals surface area contributed by atoms with Crippen molar-refractivity contribution in [3.8, 4) is 11.3 Å². The van der Waals surface area contributed by atoms with E-state index in [9.17, 15) is 22.0 Å². The molecule has 1 fully saturated rings. The second-order valence-corrected chi connectivity index (χ2v) is 10.6. The molecule has 1 N–H and O–H groups in total. The van der Waals surface area contributed by atoms with Gasteiger partial charge in [0.05, 0.1) is 5.69 Å². The lowest BCUT2D eigenvalue weighted by Gasteiger charge is -2.32. The second kappa shape index (κ2) is 8.50. The lowest BCUT2D eigenvalue weighted by molar-refractivity contribution is -0.120. The Hall–Kier alpha value is -2.21. The van der Waals surface area contributed by atoms with E-state index in [0.717, 1.165) is 41.2 Å². The minimum Gasteiger partial charge on any atom is -0.301 e. The molecule has 1 saturated heterocycles. The molecule has 3 heterocycles. The van der Waals surface area contributed by atoms with E-state index in [-0.39, 0.29) is 27.1 Å². The Bertz CT molecular complexity index is 1160. The van der Waals surface area contributed by atoms with Gasteiger partial charge in [-0.05, 0) is 36.4 Å². The average Bonchev–Trinajstić information content (AvgIpc) is 3.41. The Balaban J connectivity index is 1.53. The summed E-state index contributed by atoms with van der Waals surface area (Å²) in [7, 11) is -3.76. The van der Waals surface area contributed by atoms with Crippen LogP contribution in [0.5, 0.6) is 0 Å². The summed E-state index contributed by atoms with van der Waals surface area (Å²) in [5.74, 6) is -1.92. The van der Waals surface area contributed by atoms with E-state index in [2.05, 4.69) is 10.3 Å². The van der Waals surface area contributed by atoms with Gasteiger partial charge in [-0.1, -0.05) is 12.5 Å². The number of sulfonamides is 1. The van der Waals surface area contributed by atoms with Gasteiger partial charge in [-0.2, -0.15) is 4.31 Å². The van der Waals surface area contributed by atoms with Crippen LogP contribution in [0.3, 0.4) is 0 Å². The van der Waals surface area contributed by atoms with Gasteiger partial charge in [0.25, 0.3) is 10.0 Å². The number of aromatic nitrogens is 1. The quantitative estimate of drug-likeness (QED) is 0.603. The first kappa shape index (κ1) is 21.0. The summed E-state index contributed by atoms with van der Waals surface area (Å²) in [5.41, 5.74) is 0.382. The van der Waals surface area contributed by atoms with E-state index in [4.69, 9.17) is 0 Å². The number of hydrogen-bond donors (Lipinski definition) is 1. The van der Waals surface area contributed by atoms with E-state index in [1.165, 1.54) is 16.4 Å². The Morgan fingerprint density at radius 2 is 2.03 bits per heavy atom. The number of thiazole rings is 1. The number of carbonyl (C=O) groups excluding carboxylic acids is 1. The van der Waals surface area contributed by atoms with Crippen molar-refractivity contribution in [1.29, 1.82) is 0 Å². The van der Waals surface area contributed by atoms with Gasteiger partial charge in [-0.25, -0.2) is 22.2 Å². The first-order chi connectivity index (χ1) is 14.4. The van der Waals surface area contributed by atoms with Gasteiger partial charge in [0.1, 0.15) is 21.9 Å². The fraction of sp³-hybridized carbons (Fsp3) is 0.263. The largest absolute Gasteiger partial charge is 0.301 e. The van der Waals surface area contributed by atoms with Gasteiger partial charge >= 0.3 is 0 Å². The van der Waals surface area contributed by atoms with Crippen LogP contribution in [0.25, 0.3) is 11.3 Å². The van der Waals surface area contributed by atoms with Crippen LogP contribution in [0, 0.1) is 11.6 Å². The first-order valence-electron chi connectivity index (χ1n) is 9.13. The first-order valence-corrected chi connectivity index (χ1v) is 12.3. The highest BCUT2D eigenvalue weighted by Gasteiger charge is 2.38. The van der Waals surface area contributed by atoms with Crippen LogP contribution in [-0.2, 0) is 14.8 Å². The molecule has 0 radical (unpaired) electrons. The molecular weight excluding hydrogens is 452 g/mol. The summed E-state index contributed by atoms with van der Waals surface area (Å²) >= 11 is 2.20. The maximum atomic E-state index is 14.0. The summed E-state index contributed by atoms with van der Waals surface area (Å²) in [4.78, 5) is 17.1. The molecule has 1 aliphatic rings. The van der Waals surface area contributed by atoms with Gasteiger partial charge < -0.3 is 5.32 Å². The molecule has 4 rings (SSSR count). The molecule has 1 aromatic carbocycles. The van der Waals surface area contributed by atoms with Crippen LogP contribution >= 0.6 is 22.7 Å². The summed E-state index contributed by atoms with van der Waals surface area (Å²) in [6.45, 7) is 0.266. The smallest absolute Gasteiger partial charge is 0.253 e. The Kier molecular flexibility index (Phi) is 5.96. The van der Waals surface area contributed by atoms with Gasteiger partial charge in [-0.15, -0.1) is 22.7 Å². The molecule has 0 aliphatic carbocycles. The number of nitrogens with zero attached hydrogens (tertiary/aromatic N) is 2. The number of amides is 1. The monoisotopic (exact) mass is 469 g/mol. The van der Waals surface area contributed by atoms with Crippen molar-refractivity contribution >= 4 is 43.7 Å². The highest BCUT2D eigenvalue weighted by atomic mass is 32.2. The molecule has 1 amide bonds. The van der Waals surface area contributed by atoms with E-state index in [1.54, 1.807) is 16.8 Å². The molecule has 1 aliphatic heterocycles. The molecular formula is C19H17F2N3O3S3.